The summed E-state index contributed by atoms with van der Waals surface area (Å²) < 4.78 is 0. The predicted octanol–water partition coefficient (Wildman–Crippen LogP) is 2.85. The van der Waals surface area contributed by atoms with E-state index in [0.717, 1.165) is 6.54 Å². The van der Waals surface area contributed by atoms with Crippen molar-refractivity contribution >= 4 is 17.5 Å². The van der Waals surface area contributed by atoms with E-state index in [2.05, 4.69) is 24.5 Å². The van der Waals surface area contributed by atoms with Crippen LogP contribution in [0.1, 0.15) is 37.0 Å². The molecule has 19 heavy (non-hydrogen) atoms. The van der Waals surface area contributed by atoms with Gasteiger partial charge in [0.2, 0.25) is 0 Å². The molecule has 3 nitrogen and oxygen atoms in total. The van der Waals surface area contributed by atoms with Gasteiger partial charge in [-0.1, -0.05) is 25.4 Å². The zero-order chi connectivity index (χ0) is 13.9. The summed E-state index contributed by atoms with van der Waals surface area (Å²) in [5, 5.41) is 7.13. The zero-order valence-electron chi connectivity index (χ0n) is 11.5. The van der Waals surface area contributed by atoms with Crippen LogP contribution in [-0.4, -0.2) is 25.0 Å². The highest BCUT2D eigenvalue weighted by Gasteiger charge is 2.31. The van der Waals surface area contributed by atoms with Crippen LogP contribution in [0.4, 0.5) is 0 Å². The van der Waals surface area contributed by atoms with E-state index in [0.29, 0.717) is 23.2 Å². The van der Waals surface area contributed by atoms with E-state index in [1.807, 2.05) is 0 Å². The average Bonchev–Trinajstić information content (AvgIpc) is 2.37. The Morgan fingerprint density at radius 2 is 2.11 bits per heavy atom. The molecule has 1 aromatic carbocycles. The Labute approximate surface area is 119 Å². The molecular formula is C15H21ClN2O. The summed E-state index contributed by atoms with van der Waals surface area (Å²) >= 11 is 5.81. The first-order valence-corrected chi connectivity index (χ1v) is 7.14. The minimum absolute atomic E-state index is 0.0418. The molecule has 1 aliphatic rings. The lowest BCUT2D eigenvalue weighted by Gasteiger charge is -2.39. The summed E-state index contributed by atoms with van der Waals surface area (Å²) in [5.74, 6) is -0.0418. The number of carbonyl (C=O) groups excluding carboxylic acids is 1. The fourth-order valence-electron chi connectivity index (χ4n) is 2.52. The van der Waals surface area contributed by atoms with Gasteiger partial charge in [-0.05, 0) is 49.1 Å². The molecule has 1 aromatic rings. The lowest BCUT2D eigenvalue weighted by molar-refractivity contribution is 0.0929. The maximum atomic E-state index is 12.0. The molecule has 0 aliphatic carbocycles. The fourth-order valence-corrected chi connectivity index (χ4v) is 2.64. The van der Waals surface area contributed by atoms with Crippen molar-refractivity contribution in [1.82, 2.24) is 10.6 Å². The highest BCUT2D eigenvalue weighted by atomic mass is 35.5. The molecule has 1 heterocycles. The van der Waals surface area contributed by atoms with E-state index in [-0.39, 0.29) is 11.3 Å². The van der Waals surface area contributed by atoms with Gasteiger partial charge in [-0.15, -0.1) is 0 Å². The molecule has 0 bridgehead atoms. The molecular weight excluding hydrogens is 260 g/mol. The first kappa shape index (κ1) is 14.4. The van der Waals surface area contributed by atoms with Gasteiger partial charge in [-0.2, -0.15) is 0 Å². The third-order valence-electron chi connectivity index (χ3n) is 3.91. The molecule has 1 unspecified atom stereocenters. The van der Waals surface area contributed by atoms with Gasteiger partial charge in [0.25, 0.3) is 5.91 Å². The number of benzene rings is 1. The molecule has 104 valence electrons. The largest absolute Gasteiger partial charge is 0.350 e. The maximum Gasteiger partial charge on any atom is 0.251 e. The number of carbonyl (C=O) groups is 1. The zero-order valence-corrected chi connectivity index (χ0v) is 12.3. The van der Waals surface area contributed by atoms with Crippen LogP contribution in [0.3, 0.4) is 0 Å². The summed E-state index contributed by atoms with van der Waals surface area (Å²) in [5.41, 5.74) is 0.879. The van der Waals surface area contributed by atoms with Crippen molar-refractivity contribution in [1.29, 1.82) is 0 Å². The number of piperidine rings is 1. The Balaban J connectivity index is 1.91. The number of rotatable bonds is 3. The van der Waals surface area contributed by atoms with Gasteiger partial charge in [-0.25, -0.2) is 0 Å². The van der Waals surface area contributed by atoms with Crippen molar-refractivity contribution < 1.29 is 4.79 Å². The molecule has 1 saturated heterocycles. The van der Waals surface area contributed by atoms with Gasteiger partial charge < -0.3 is 10.6 Å². The van der Waals surface area contributed by atoms with E-state index in [9.17, 15) is 4.79 Å². The Morgan fingerprint density at radius 1 is 1.42 bits per heavy atom. The summed E-state index contributed by atoms with van der Waals surface area (Å²) in [6.45, 7) is 6.19. The fraction of sp³-hybridized carbons (Fsp3) is 0.533. The van der Waals surface area contributed by atoms with Crippen molar-refractivity contribution in [3.8, 4) is 0 Å². The lowest BCUT2D eigenvalue weighted by atomic mass is 9.77. The Kier molecular flexibility index (Phi) is 4.48. The van der Waals surface area contributed by atoms with Crippen molar-refractivity contribution in [2.24, 2.45) is 5.41 Å². The SMILES string of the molecule is CC1(C)CCCNC1CNC(=O)c1ccc(Cl)cc1. The highest BCUT2D eigenvalue weighted by Crippen LogP contribution is 2.29. The second-order valence-electron chi connectivity index (χ2n) is 5.82. The topological polar surface area (TPSA) is 41.1 Å². The Bertz CT molecular complexity index is 442. The third kappa shape index (κ3) is 3.71. The summed E-state index contributed by atoms with van der Waals surface area (Å²) in [7, 11) is 0. The van der Waals surface area contributed by atoms with Crippen LogP contribution in [0.15, 0.2) is 24.3 Å². The van der Waals surface area contributed by atoms with Crippen LogP contribution >= 0.6 is 11.6 Å². The molecule has 0 spiro atoms. The number of halogens is 1. The van der Waals surface area contributed by atoms with Crippen LogP contribution in [0, 0.1) is 5.41 Å². The smallest absolute Gasteiger partial charge is 0.251 e. The molecule has 4 heteroatoms. The molecule has 2 N–H and O–H groups in total. The molecule has 0 aromatic heterocycles. The standard InChI is InChI=1S/C15H21ClN2O/c1-15(2)8-3-9-17-13(15)10-18-14(19)11-4-6-12(16)7-5-11/h4-7,13,17H,3,8-10H2,1-2H3,(H,18,19). The third-order valence-corrected chi connectivity index (χ3v) is 4.16. The van der Waals surface area contributed by atoms with Gasteiger partial charge in [0.05, 0.1) is 0 Å². The molecule has 1 atom stereocenters. The van der Waals surface area contributed by atoms with Crippen LogP contribution in [0.5, 0.6) is 0 Å². The van der Waals surface area contributed by atoms with Crippen molar-refractivity contribution in [2.75, 3.05) is 13.1 Å². The number of amides is 1. The summed E-state index contributed by atoms with van der Waals surface area (Å²) in [6, 6.07) is 7.30. The Morgan fingerprint density at radius 3 is 2.74 bits per heavy atom. The van der Waals surface area contributed by atoms with Crippen molar-refractivity contribution in [3.63, 3.8) is 0 Å². The number of nitrogens with one attached hydrogen (secondary N) is 2. The van der Waals surface area contributed by atoms with E-state index >= 15 is 0 Å². The highest BCUT2D eigenvalue weighted by molar-refractivity contribution is 6.30. The predicted molar refractivity (Wildman–Crippen MR) is 78.6 cm³/mol. The van der Waals surface area contributed by atoms with E-state index in [1.165, 1.54) is 12.8 Å². The molecule has 0 radical (unpaired) electrons. The van der Waals surface area contributed by atoms with Crippen molar-refractivity contribution in [3.05, 3.63) is 34.9 Å². The van der Waals surface area contributed by atoms with Crippen molar-refractivity contribution in [2.45, 2.75) is 32.7 Å². The lowest BCUT2D eigenvalue weighted by Crippen LogP contribution is -2.52. The van der Waals surface area contributed by atoms with Crippen LogP contribution < -0.4 is 10.6 Å². The second kappa shape index (κ2) is 5.93. The maximum absolute atomic E-state index is 12.0. The molecule has 1 fully saturated rings. The monoisotopic (exact) mass is 280 g/mol. The number of hydrogen-bond donors (Lipinski definition) is 2. The quantitative estimate of drug-likeness (QED) is 0.894. The van der Waals surface area contributed by atoms with Crippen LogP contribution in [-0.2, 0) is 0 Å². The average molecular weight is 281 g/mol. The number of hydrogen-bond acceptors (Lipinski definition) is 2. The minimum Gasteiger partial charge on any atom is -0.350 e. The molecule has 1 aliphatic heterocycles. The van der Waals surface area contributed by atoms with Crippen LogP contribution in [0.25, 0.3) is 0 Å². The minimum atomic E-state index is -0.0418. The van der Waals surface area contributed by atoms with Gasteiger partial charge in [0.15, 0.2) is 0 Å². The first-order chi connectivity index (χ1) is 8.99. The van der Waals surface area contributed by atoms with Crippen LogP contribution in [0.2, 0.25) is 5.02 Å². The Hall–Kier alpha value is -1.06. The molecule has 2 rings (SSSR count). The molecule has 1 amide bonds. The van der Waals surface area contributed by atoms with Gasteiger partial charge in [-0.3, -0.25) is 4.79 Å². The summed E-state index contributed by atoms with van der Waals surface area (Å²) in [6.07, 6.45) is 2.40. The molecule has 0 saturated carbocycles. The van der Waals surface area contributed by atoms with E-state index in [1.54, 1.807) is 24.3 Å². The van der Waals surface area contributed by atoms with Gasteiger partial charge in [0.1, 0.15) is 0 Å². The van der Waals surface area contributed by atoms with Gasteiger partial charge in [0, 0.05) is 23.2 Å². The summed E-state index contributed by atoms with van der Waals surface area (Å²) in [4.78, 5) is 12.0. The first-order valence-electron chi connectivity index (χ1n) is 6.76. The van der Waals surface area contributed by atoms with E-state index in [4.69, 9.17) is 11.6 Å². The van der Waals surface area contributed by atoms with Gasteiger partial charge >= 0.3 is 0 Å². The van der Waals surface area contributed by atoms with E-state index < -0.39 is 0 Å². The normalized spacial score (nSPS) is 21.9. The second-order valence-corrected chi connectivity index (χ2v) is 6.25.